The first-order valence-electron chi connectivity index (χ1n) is 7.38. The molecule has 1 heterocycles. The number of rotatable bonds is 2. The van der Waals surface area contributed by atoms with E-state index in [1.54, 1.807) is 6.92 Å². The molecule has 1 aromatic rings. The molecule has 2 unspecified atom stereocenters. The summed E-state index contributed by atoms with van der Waals surface area (Å²) in [7, 11) is 0. The number of nitrogens with zero attached hydrogens (tertiary/aromatic N) is 1. The normalized spacial score (nSPS) is 23.9. The van der Waals surface area contributed by atoms with Gasteiger partial charge in [0.25, 0.3) is 0 Å². The summed E-state index contributed by atoms with van der Waals surface area (Å²) in [5.74, 6) is 1.26. The molecule has 1 aliphatic heterocycles. The monoisotopic (exact) mass is 259 g/mol. The Balaban J connectivity index is 2.45. The van der Waals surface area contributed by atoms with Gasteiger partial charge in [0.2, 0.25) is 5.91 Å². The van der Waals surface area contributed by atoms with Crippen LogP contribution in [-0.4, -0.2) is 11.9 Å². The van der Waals surface area contributed by atoms with E-state index in [0.717, 1.165) is 18.5 Å². The average Bonchev–Trinajstić information content (AvgIpc) is 2.38. The van der Waals surface area contributed by atoms with E-state index in [2.05, 4.69) is 45.9 Å². The highest BCUT2D eigenvalue weighted by atomic mass is 16.2. The molecule has 0 radical (unpaired) electrons. The van der Waals surface area contributed by atoms with Crippen LogP contribution in [0.5, 0.6) is 0 Å². The van der Waals surface area contributed by atoms with E-state index in [1.807, 2.05) is 4.90 Å². The topological polar surface area (TPSA) is 20.3 Å². The highest BCUT2D eigenvalue weighted by Crippen LogP contribution is 2.36. The van der Waals surface area contributed by atoms with Crippen LogP contribution in [-0.2, 0) is 11.2 Å². The Bertz CT molecular complexity index is 480. The third kappa shape index (κ3) is 2.54. The predicted molar refractivity (Wildman–Crippen MR) is 80.6 cm³/mol. The molecular formula is C17H25NO. The van der Waals surface area contributed by atoms with E-state index >= 15 is 0 Å². The van der Waals surface area contributed by atoms with Gasteiger partial charge >= 0.3 is 0 Å². The van der Waals surface area contributed by atoms with Gasteiger partial charge in [0.15, 0.2) is 0 Å². The molecule has 19 heavy (non-hydrogen) atoms. The van der Waals surface area contributed by atoms with Gasteiger partial charge in [0, 0.05) is 18.7 Å². The summed E-state index contributed by atoms with van der Waals surface area (Å²) in [5.41, 5.74) is 3.84. The Morgan fingerprint density at radius 3 is 2.68 bits per heavy atom. The number of fused-ring (bicyclic) bond motifs is 1. The van der Waals surface area contributed by atoms with Crippen molar-refractivity contribution in [1.82, 2.24) is 0 Å². The zero-order chi connectivity index (χ0) is 14.2. The molecule has 0 aromatic heterocycles. The summed E-state index contributed by atoms with van der Waals surface area (Å²) in [6.07, 6.45) is 2.23. The van der Waals surface area contributed by atoms with Gasteiger partial charge in [-0.1, -0.05) is 32.9 Å². The van der Waals surface area contributed by atoms with Gasteiger partial charge in [-0.05, 0) is 48.8 Å². The number of carbonyl (C=O) groups is 1. The molecule has 2 nitrogen and oxygen atoms in total. The highest BCUT2D eigenvalue weighted by Gasteiger charge is 2.31. The van der Waals surface area contributed by atoms with Crippen LogP contribution in [0.4, 0.5) is 5.69 Å². The largest absolute Gasteiger partial charge is 0.309 e. The van der Waals surface area contributed by atoms with Gasteiger partial charge < -0.3 is 4.90 Å². The van der Waals surface area contributed by atoms with Crippen LogP contribution in [0.15, 0.2) is 18.2 Å². The Morgan fingerprint density at radius 1 is 1.42 bits per heavy atom. The molecule has 0 fully saturated rings. The maximum atomic E-state index is 11.9. The van der Waals surface area contributed by atoms with Gasteiger partial charge in [-0.3, -0.25) is 4.79 Å². The first-order valence-corrected chi connectivity index (χ1v) is 7.38. The van der Waals surface area contributed by atoms with Crippen LogP contribution in [0.25, 0.3) is 0 Å². The summed E-state index contributed by atoms with van der Waals surface area (Å²) < 4.78 is 0. The van der Waals surface area contributed by atoms with Gasteiger partial charge in [-0.2, -0.15) is 0 Å². The number of amides is 1. The smallest absolute Gasteiger partial charge is 0.224 e. The van der Waals surface area contributed by atoms with Crippen LogP contribution in [0.1, 0.15) is 58.1 Å². The van der Waals surface area contributed by atoms with Crippen molar-refractivity contribution in [2.24, 2.45) is 5.92 Å². The summed E-state index contributed by atoms with van der Waals surface area (Å²) in [5, 5.41) is 0. The maximum absolute atomic E-state index is 11.9. The molecule has 104 valence electrons. The zero-order valence-corrected chi connectivity index (χ0v) is 12.7. The molecule has 1 amide bonds. The molecule has 0 saturated carbocycles. The standard InChI is InChI=1S/C17H25NO/c1-6-11(2)15-7-8-17-16(10-15)9-12(3)13(4)18(17)14(5)19/h7-8,10-13H,6,9H2,1-5H3/t11?,12?,13-/m0/s1. The molecule has 1 aromatic carbocycles. The second-order valence-corrected chi connectivity index (χ2v) is 6.01. The molecule has 3 atom stereocenters. The Labute approximate surface area is 116 Å². The fourth-order valence-corrected chi connectivity index (χ4v) is 2.99. The molecule has 2 heteroatoms. The fraction of sp³-hybridized carbons (Fsp3) is 0.588. The summed E-state index contributed by atoms with van der Waals surface area (Å²) in [4.78, 5) is 13.9. The minimum Gasteiger partial charge on any atom is -0.309 e. The molecule has 0 aliphatic carbocycles. The Morgan fingerprint density at radius 2 is 2.11 bits per heavy atom. The van der Waals surface area contributed by atoms with Crippen LogP contribution in [0, 0.1) is 5.92 Å². The van der Waals surface area contributed by atoms with E-state index in [9.17, 15) is 4.79 Å². The van der Waals surface area contributed by atoms with Crippen LogP contribution in [0.2, 0.25) is 0 Å². The second-order valence-electron chi connectivity index (χ2n) is 6.01. The van der Waals surface area contributed by atoms with Crippen molar-refractivity contribution in [3.05, 3.63) is 29.3 Å². The summed E-state index contributed by atoms with van der Waals surface area (Å²) in [6, 6.07) is 6.92. The molecule has 1 aliphatic rings. The second kappa shape index (κ2) is 5.36. The predicted octanol–water partition coefficient (Wildman–Crippen LogP) is 4.13. The minimum absolute atomic E-state index is 0.150. The molecule has 0 N–H and O–H groups in total. The van der Waals surface area contributed by atoms with Crippen molar-refractivity contribution in [3.63, 3.8) is 0 Å². The lowest BCUT2D eigenvalue weighted by atomic mass is 9.85. The third-order valence-electron chi connectivity index (χ3n) is 4.66. The average molecular weight is 259 g/mol. The SMILES string of the molecule is CCC(C)c1ccc2c(c1)CC(C)[C@H](C)N2C(C)=O. The van der Waals surface area contributed by atoms with E-state index in [0.29, 0.717) is 17.9 Å². The van der Waals surface area contributed by atoms with Crippen molar-refractivity contribution in [2.75, 3.05) is 4.90 Å². The van der Waals surface area contributed by atoms with Crippen molar-refractivity contribution in [1.29, 1.82) is 0 Å². The quantitative estimate of drug-likeness (QED) is 0.782. The highest BCUT2D eigenvalue weighted by molar-refractivity contribution is 5.93. The van der Waals surface area contributed by atoms with Gasteiger partial charge in [0.05, 0.1) is 0 Å². The zero-order valence-electron chi connectivity index (χ0n) is 12.7. The van der Waals surface area contributed by atoms with Crippen LogP contribution < -0.4 is 4.90 Å². The van der Waals surface area contributed by atoms with Crippen molar-refractivity contribution in [2.45, 2.75) is 59.4 Å². The maximum Gasteiger partial charge on any atom is 0.224 e. The first kappa shape index (κ1) is 14.1. The van der Waals surface area contributed by atoms with Crippen molar-refractivity contribution in [3.8, 4) is 0 Å². The Hall–Kier alpha value is -1.31. The molecule has 0 spiro atoms. The minimum atomic E-state index is 0.150. The first-order chi connectivity index (χ1) is 8.95. The number of carbonyl (C=O) groups excluding carboxylic acids is 1. The Kier molecular flexibility index (Phi) is 3.98. The molecular weight excluding hydrogens is 234 g/mol. The number of hydrogen-bond donors (Lipinski definition) is 0. The fourth-order valence-electron chi connectivity index (χ4n) is 2.99. The number of benzene rings is 1. The van der Waals surface area contributed by atoms with Crippen molar-refractivity contribution >= 4 is 11.6 Å². The van der Waals surface area contributed by atoms with E-state index < -0.39 is 0 Å². The lowest BCUT2D eigenvalue weighted by Gasteiger charge is -2.39. The van der Waals surface area contributed by atoms with Crippen LogP contribution in [0.3, 0.4) is 0 Å². The lowest BCUT2D eigenvalue weighted by molar-refractivity contribution is -0.117. The van der Waals surface area contributed by atoms with Gasteiger partial charge in [0.1, 0.15) is 0 Å². The van der Waals surface area contributed by atoms with Gasteiger partial charge in [-0.15, -0.1) is 0 Å². The number of hydrogen-bond acceptors (Lipinski definition) is 1. The van der Waals surface area contributed by atoms with E-state index in [4.69, 9.17) is 0 Å². The third-order valence-corrected chi connectivity index (χ3v) is 4.66. The van der Waals surface area contributed by atoms with Crippen LogP contribution >= 0.6 is 0 Å². The summed E-state index contributed by atoms with van der Waals surface area (Å²) >= 11 is 0. The molecule has 0 bridgehead atoms. The van der Waals surface area contributed by atoms with E-state index in [-0.39, 0.29) is 5.91 Å². The van der Waals surface area contributed by atoms with Crippen molar-refractivity contribution < 1.29 is 4.79 Å². The summed E-state index contributed by atoms with van der Waals surface area (Å²) in [6.45, 7) is 10.5. The molecule has 0 saturated heterocycles. The lowest BCUT2D eigenvalue weighted by Crippen LogP contribution is -2.45. The number of anilines is 1. The molecule has 2 rings (SSSR count). The van der Waals surface area contributed by atoms with Gasteiger partial charge in [-0.25, -0.2) is 0 Å². The van der Waals surface area contributed by atoms with E-state index in [1.165, 1.54) is 11.1 Å².